The van der Waals surface area contributed by atoms with E-state index in [4.69, 9.17) is 16.6 Å². The van der Waals surface area contributed by atoms with Crippen molar-refractivity contribution in [2.75, 3.05) is 17.4 Å². The topological polar surface area (TPSA) is 17.8 Å². The molecule has 0 spiro atoms. The minimum Gasteiger partial charge on any atom is -0.328 e. The molecule has 0 unspecified atom stereocenters. The SMILES string of the molecule is Cc1cccc2c1nc(CCCl)n2CC1CCSCC1. The van der Waals surface area contributed by atoms with Gasteiger partial charge in [-0.15, -0.1) is 11.6 Å². The van der Waals surface area contributed by atoms with Crippen LogP contribution in [0.5, 0.6) is 0 Å². The number of imidazole rings is 1. The first kappa shape index (κ1) is 14.3. The number of nitrogens with zero attached hydrogens (tertiary/aromatic N) is 2. The smallest absolute Gasteiger partial charge is 0.111 e. The molecular weight excluding hydrogens is 288 g/mol. The first-order chi connectivity index (χ1) is 9.79. The molecule has 0 bridgehead atoms. The van der Waals surface area contributed by atoms with Gasteiger partial charge in [-0.3, -0.25) is 0 Å². The van der Waals surface area contributed by atoms with Crippen LogP contribution in [0.2, 0.25) is 0 Å². The largest absolute Gasteiger partial charge is 0.328 e. The average Bonchev–Trinajstić information content (AvgIpc) is 2.81. The van der Waals surface area contributed by atoms with Gasteiger partial charge in [0.15, 0.2) is 0 Å². The molecule has 1 aliphatic rings. The van der Waals surface area contributed by atoms with Gasteiger partial charge < -0.3 is 4.57 Å². The molecule has 0 radical (unpaired) electrons. The molecular formula is C16H21ClN2S. The number of fused-ring (bicyclic) bond motifs is 1. The normalized spacial score (nSPS) is 16.9. The number of benzene rings is 1. The molecule has 2 heterocycles. The summed E-state index contributed by atoms with van der Waals surface area (Å²) in [7, 11) is 0. The molecule has 1 saturated heterocycles. The Balaban J connectivity index is 1.97. The second-order valence-electron chi connectivity index (χ2n) is 5.58. The van der Waals surface area contributed by atoms with E-state index in [0.717, 1.165) is 30.2 Å². The van der Waals surface area contributed by atoms with Gasteiger partial charge in [-0.2, -0.15) is 11.8 Å². The summed E-state index contributed by atoms with van der Waals surface area (Å²) in [6.07, 6.45) is 3.52. The lowest BCUT2D eigenvalue weighted by atomic mass is 10.0. The van der Waals surface area contributed by atoms with Crippen LogP contribution < -0.4 is 0 Å². The van der Waals surface area contributed by atoms with Gasteiger partial charge in [-0.25, -0.2) is 4.98 Å². The van der Waals surface area contributed by atoms with E-state index in [1.54, 1.807) is 0 Å². The van der Waals surface area contributed by atoms with E-state index in [9.17, 15) is 0 Å². The molecule has 4 heteroatoms. The minimum absolute atomic E-state index is 0.642. The van der Waals surface area contributed by atoms with Crippen molar-refractivity contribution in [2.45, 2.75) is 32.7 Å². The van der Waals surface area contributed by atoms with Crippen molar-refractivity contribution in [1.82, 2.24) is 9.55 Å². The van der Waals surface area contributed by atoms with E-state index in [-0.39, 0.29) is 0 Å². The Kier molecular flexibility index (Phi) is 4.57. The zero-order chi connectivity index (χ0) is 13.9. The van der Waals surface area contributed by atoms with Crippen molar-refractivity contribution in [2.24, 2.45) is 5.92 Å². The fraction of sp³-hybridized carbons (Fsp3) is 0.562. The van der Waals surface area contributed by atoms with E-state index in [1.807, 2.05) is 0 Å². The standard InChI is InChI=1S/C16H21ClN2S/c1-12-3-2-4-14-16(12)18-15(5-8-17)19(14)11-13-6-9-20-10-7-13/h2-4,13H,5-11H2,1H3. The molecule has 108 valence electrons. The number of aryl methyl sites for hydroxylation is 2. The summed E-state index contributed by atoms with van der Waals surface area (Å²) in [4.78, 5) is 4.84. The highest BCUT2D eigenvalue weighted by atomic mass is 35.5. The van der Waals surface area contributed by atoms with Gasteiger partial charge in [-0.1, -0.05) is 12.1 Å². The number of para-hydroxylation sites is 1. The molecule has 20 heavy (non-hydrogen) atoms. The fourth-order valence-corrected chi connectivity index (χ4v) is 4.37. The summed E-state index contributed by atoms with van der Waals surface area (Å²) in [6.45, 7) is 3.24. The van der Waals surface area contributed by atoms with Gasteiger partial charge in [-0.05, 0) is 48.8 Å². The van der Waals surface area contributed by atoms with Crippen LogP contribution >= 0.6 is 23.4 Å². The van der Waals surface area contributed by atoms with E-state index in [1.165, 1.54) is 35.4 Å². The average molecular weight is 309 g/mol. The Morgan fingerprint density at radius 3 is 2.90 bits per heavy atom. The van der Waals surface area contributed by atoms with Gasteiger partial charge >= 0.3 is 0 Å². The molecule has 0 atom stereocenters. The predicted octanol–water partition coefficient (Wildman–Crippen LogP) is 4.27. The number of thioether (sulfide) groups is 1. The van der Waals surface area contributed by atoms with Crippen LogP contribution in [0.1, 0.15) is 24.2 Å². The Bertz CT molecular complexity index is 587. The summed E-state index contributed by atoms with van der Waals surface area (Å²) >= 11 is 8.05. The summed E-state index contributed by atoms with van der Waals surface area (Å²) in [5.41, 5.74) is 3.69. The summed E-state index contributed by atoms with van der Waals surface area (Å²) in [5, 5.41) is 0. The minimum atomic E-state index is 0.642. The lowest BCUT2D eigenvalue weighted by Gasteiger charge is -2.23. The van der Waals surface area contributed by atoms with Crippen LogP contribution in [0.15, 0.2) is 18.2 Å². The van der Waals surface area contributed by atoms with E-state index in [0.29, 0.717) is 5.88 Å². The lowest BCUT2D eigenvalue weighted by Crippen LogP contribution is -2.18. The number of aromatic nitrogens is 2. The maximum atomic E-state index is 5.96. The van der Waals surface area contributed by atoms with Crippen molar-refractivity contribution in [3.05, 3.63) is 29.6 Å². The van der Waals surface area contributed by atoms with Gasteiger partial charge in [0.2, 0.25) is 0 Å². The van der Waals surface area contributed by atoms with Gasteiger partial charge in [0.05, 0.1) is 11.0 Å². The van der Waals surface area contributed by atoms with E-state index < -0.39 is 0 Å². The number of rotatable bonds is 4. The third-order valence-corrected chi connectivity index (χ3v) is 5.40. The van der Waals surface area contributed by atoms with Crippen molar-refractivity contribution in [1.29, 1.82) is 0 Å². The van der Waals surface area contributed by atoms with Gasteiger partial charge in [0, 0.05) is 18.8 Å². The van der Waals surface area contributed by atoms with Crippen LogP contribution in [-0.4, -0.2) is 26.9 Å². The zero-order valence-electron chi connectivity index (χ0n) is 11.9. The molecule has 1 fully saturated rings. The highest BCUT2D eigenvalue weighted by molar-refractivity contribution is 7.99. The highest BCUT2D eigenvalue weighted by Gasteiger charge is 2.18. The molecule has 0 saturated carbocycles. The first-order valence-electron chi connectivity index (χ1n) is 7.38. The monoisotopic (exact) mass is 308 g/mol. The van der Waals surface area contributed by atoms with Crippen LogP contribution in [-0.2, 0) is 13.0 Å². The fourth-order valence-electron chi connectivity index (χ4n) is 3.00. The molecule has 2 nitrogen and oxygen atoms in total. The van der Waals surface area contributed by atoms with Crippen molar-refractivity contribution in [3.8, 4) is 0 Å². The Labute approximate surface area is 129 Å². The zero-order valence-corrected chi connectivity index (χ0v) is 13.5. The maximum absolute atomic E-state index is 5.96. The van der Waals surface area contributed by atoms with Crippen molar-refractivity contribution in [3.63, 3.8) is 0 Å². The van der Waals surface area contributed by atoms with Crippen LogP contribution in [0.4, 0.5) is 0 Å². The lowest BCUT2D eigenvalue weighted by molar-refractivity contribution is 0.416. The third kappa shape index (κ3) is 2.84. The molecule has 1 aromatic carbocycles. The third-order valence-electron chi connectivity index (χ3n) is 4.16. The van der Waals surface area contributed by atoms with Crippen LogP contribution in [0.3, 0.4) is 0 Å². The summed E-state index contributed by atoms with van der Waals surface area (Å²) < 4.78 is 2.42. The Morgan fingerprint density at radius 1 is 1.35 bits per heavy atom. The second kappa shape index (κ2) is 6.40. The van der Waals surface area contributed by atoms with Crippen LogP contribution in [0.25, 0.3) is 11.0 Å². The molecule has 2 aromatic rings. The first-order valence-corrected chi connectivity index (χ1v) is 9.07. The molecule has 3 rings (SSSR count). The van der Waals surface area contributed by atoms with Gasteiger partial charge in [0.1, 0.15) is 5.82 Å². The maximum Gasteiger partial charge on any atom is 0.111 e. The quantitative estimate of drug-likeness (QED) is 0.785. The van der Waals surface area contributed by atoms with Gasteiger partial charge in [0.25, 0.3) is 0 Å². The molecule has 1 aromatic heterocycles. The number of hydrogen-bond donors (Lipinski definition) is 0. The van der Waals surface area contributed by atoms with Crippen LogP contribution in [0, 0.1) is 12.8 Å². The highest BCUT2D eigenvalue weighted by Crippen LogP contribution is 2.27. The summed E-state index contributed by atoms with van der Waals surface area (Å²) in [6, 6.07) is 6.48. The van der Waals surface area contributed by atoms with E-state index >= 15 is 0 Å². The molecule has 0 aliphatic carbocycles. The second-order valence-corrected chi connectivity index (χ2v) is 7.18. The number of hydrogen-bond acceptors (Lipinski definition) is 2. The molecule has 0 amide bonds. The number of halogens is 1. The molecule has 1 aliphatic heterocycles. The number of alkyl halides is 1. The Hall–Kier alpha value is -0.670. The summed E-state index contributed by atoms with van der Waals surface area (Å²) in [5.74, 6) is 5.20. The van der Waals surface area contributed by atoms with Crippen molar-refractivity contribution >= 4 is 34.4 Å². The van der Waals surface area contributed by atoms with E-state index in [2.05, 4.69) is 41.5 Å². The predicted molar refractivity (Wildman–Crippen MR) is 88.9 cm³/mol. The Morgan fingerprint density at radius 2 is 2.15 bits per heavy atom. The van der Waals surface area contributed by atoms with Crippen molar-refractivity contribution < 1.29 is 0 Å². The molecule has 0 N–H and O–H groups in total.